The van der Waals surface area contributed by atoms with Gasteiger partial charge in [-0.05, 0) is 37.3 Å². The molecule has 1 heterocycles. The average molecular weight is 337 g/mol. The molecule has 0 aliphatic rings. The van der Waals surface area contributed by atoms with Crippen LogP contribution in [0.3, 0.4) is 0 Å². The van der Waals surface area contributed by atoms with Crippen LogP contribution in [0.25, 0.3) is 11.0 Å². The summed E-state index contributed by atoms with van der Waals surface area (Å²) in [4.78, 5) is 24.4. The number of amides is 1. The van der Waals surface area contributed by atoms with E-state index in [1.807, 2.05) is 13.0 Å². The van der Waals surface area contributed by atoms with Gasteiger partial charge in [0.15, 0.2) is 5.76 Å². The first-order chi connectivity index (χ1) is 12.0. The lowest BCUT2D eigenvalue weighted by Crippen LogP contribution is -2.09. The van der Waals surface area contributed by atoms with E-state index < -0.39 is 0 Å². The predicted molar refractivity (Wildman–Crippen MR) is 96.3 cm³/mol. The van der Waals surface area contributed by atoms with Crippen LogP contribution in [-0.4, -0.2) is 18.8 Å². The van der Waals surface area contributed by atoms with Crippen LogP contribution in [0.2, 0.25) is 0 Å². The monoisotopic (exact) mass is 337 g/mol. The summed E-state index contributed by atoms with van der Waals surface area (Å²) in [5.41, 5.74) is 2.54. The molecule has 0 spiro atoms. The van der Waals surface area contributed by atoms with Gasteiger partial charge in [0.25, 0.3) is 0 Å². The lowest BCUT2D eigenvalue weighted by Gasteiger charge is -2.03. The Morgan fingerprint density at radius 1 is 1.16 bits per heavy atom. The van der Waals surface area contributed by atoms with Crippen LogP contribution in [0.15, 0.2) is 46.9 Å². The Kier molecular flexibility index (Phi) is 4.57. The minimum absolute atomic E-state index is 0.0619. The highest BCUT2D eigenvalue weighted by atomic mass is 16.5. The van der Waals surface area contributed by atoms with Gasteiger partial charge in [-0.1, -0.05) is 19.1 Å². The molecule has 1 N–H and O–H groups in total. The fourth-order valence-corrected chi connectivity index (χ4v) is 2.66. The van der Waals surface area contributed by atoms with Crippen molar-refractivity contribution >= 4 is 28.3 Å². The zero-order chi connectivity index (χ0) is 18.0. The van der Waals surface area contributed by atoms with Crippen molar-refractivity contribution < 1.29 is 18.7 Å². The van der Waals surface area contributed by atoms with Crippen molar-refractivity contribution in [2.75, 3.05) is 12.4 Å². The second kappa shape index (κ2) is 6.81. The summed E-state index contributed by atoms with van der Waals surface area (Å²) in [7, 11) is 1.56. The van der Waals surface area contributed by atoms with Gasteiger partial charge in [-0.25, -0.2) is 0 Å². The Morgan fingerprint density at radius 3 is 2.68 bits per heavy atom. The summed E-state index contributed by atoms with van der Waals surface area (Å²) in [5.74, 6) is 0.645. The highest BCUT2D eigenvalue weighted by Gasteiger charge is 2.20. The molecule has 25 heavy (non-hydrogen) atoms. The number of fused-ring (bicyclic) bond motifs is 1. The van der Waals surface area contributed by atoms with Crippen molar-refractivity contribution in [3.63, 3.8) is 0 Å². The molecule has 0 saturated heterocycles. The molecule has 2 aromatic carbocycles. The van der Waals surface area contributed by atoms with Crippen molar-refractivity contribution in [2.24, 2.45) is 0 Å². The molecule has 5 heteroatoms. The van der Waals surface area contributed by atoms with E-state index in [9.17, 15) is 9.59 Å². The Labute approximate surface area is 145 Å². The number of hydrogen-bond donors (Lipinski definition) is 1. The third kappa shape index (κ3) is 3.26. The number of carbonyl (C=O) groups excluding carboxylic acids is 2. The first-order valence-corrected chi connectivity index (χ1v) is 8.05. The summed E-state index contributed by atoms with van der Waals surface area (Å²) in [6.45, 7) is 3.63. The maximum absolute atomic E-state index is 12.8. The molecule has 128 valence electrons. The van der Waals surface area contributed by atoms with Gasteiger partial charge in [-0.15, -0.1) is 0 Å². The van der Waals surface area contributed by atoms with E-state index in [1.54, 1.807) is 50.4 Å². The molecule has 0 aliphatic carbocycles. The SMILES string of the molecule is CCC(=O)Nc1ccc2oc(C(=O)c3cccc(OC)c3)c(C)c2c1. The molecule has 0 bridgehead atoms. The van der Waals surface area contributed by atoms with E-state index in [1.165, 1.54) is 0 Å². The highest BCUT2D eigenvalue weighted by Crippen LogP contribution is 2.30. The molecule has 0 unspecified atom stereocenters. The van der Waals surface area contributed by atoms with Crippen LogP contribution < -0.4 is 10.1 Å². The maximum Gasteiger partial charge on any atom is 0.228 e. The zero-order valence-electron chi connectivity index (χ0n) is 14.4. The summed E-state index contributed by atoms with van der Waals surface area (Å²) < 4.78 is 10.9. The fraction of sp³-hybridized carbons (Fsp3) is 0.200. The van der Waals surface area contributed by atoms with Crippen molar-refractivity contribution in [2.45, 2.75) is 20.3 Å². The Morgan fingerprint density at radius 2 is 1.96 bits per heavy atom. The third-order valence-corrected chi connectivity index (χ3v) is 4.08. The Bertz CT molecular complexity index is 955. The van der Waals surface area contributed by atoms with Crippen molar-refractivity contribution in [3.8, 4) is 5.75 Å². The summed E-state index contributed by atoms with van der Waals surface area (Å²) >= 11 is 0. The second-order valence-electron chi connectivity index (χ2n) is 5.73. The minimum Gasteiger partial charge on any atom is -0.497 e. The van der Waals surface area contributed by atoms with Gasteiger partial charge in [-0.2, -0.15) is 0 Å². The quantitative estimate of drug-likeness (QED) is 0.704. The number of carbonyl (C=O) groups is 2. The first-order valence-electron chi connectivity index (χ1n) is 8.05. The van der Waals surface area contributed by atoms with Crippen LogP contribution in [0.5, 0.6) is 5.75 Å². The van der Waals surface area contributed by atoms with Gasteiger partial charge in [0, 0.05) is 28.6 Å². The van der Waals surface area contributed by atoms with Crippen molar-refractivity contribution in [1.29, 1.82) is 0 Å². The Hall–Kier alpha value is -3.08. The molecule has 3 aromatic rings. The van der Waals surface area contributed by atoms with E-state index in [-0.39, 0.29) is 11.7 Å². The smallest absolute Gasteiger partial charge is 0.228 e. The number of ether oxygens (including phenoxy) is 1. The lowest BCUT2D eigenvalue weighted by atomic mass is 10.0. The van der Waals surface area contributed by atoms with Gasteiger partial charge in [0.05, 0.1) is 7.11 Å². The van der Waals surface area contributed by atoms with Gasteiger partial charge >= 0.3 is 0 Å². The number of aryl methyl sites for hydroxylation is 1. The third-order valence-electron chi connectivity index (χ3n) is 4.08. The number of nitrogens with one attached hydrogen (secondary N) is 1. The van der Waals surface area contributed by atoms with E-state index in [0.717, 1.165) is 10.9 Å². The van der Waals surface area contributed by atoms with Crippen LogP contribution >= 0.6 is 0 Å². The first kappa shape index (κ1) is 16.8. The van der Waals surface area contributed by atoms with Gasteiger partial charge in [-0.3, -0.25) is 9.59 Å². The van der Waals surface area contributed by atoms with E-state index in [4.69, 9.17) is 9.15 Å². The van der Waals surface area contributed by atoms with Gasteiger partial charge in [0.2, 0.25) is 11.7 Å². The Balaban J connectivity index is 2.00. The summed E-state index contributed by atoms with van der Waals surface area (Å²) in [6.07, 6.45) is 0.405. The van der Waals surface area contributed by atoms with Crippen LogP contribution in [0.4, 0.5) is 5.69 Å². The molecule has 0 atom stereocenters. The van der Waals surface area contributed by atoms with E-state index in [0.29, 0.717) is 34.8 Å². The maximum atomic E-state index is 12.8. The van der Waals surface area contributed by atoms with Crippen LogP contribution in [-0.2, 0) is 4.79 Å². The number of hydrogen-bond acceptors (Lipinski definition) is 4. The minimum atomic E-state index is -0.202. The summed E-state index contributed by atoms with van der Waals surface area (Å²) in [6, 6.07) is 12.3. The predicted octanol–water partition coefficient (Wildman–Crippen LogP) is 4.33. The number of methoxy groups -OCH3 is 1. The normalized spacial score (nSPS) is 10.7. The van der Waals surface area contributed by atoms with Crippen molar-refractivity contribution in [1.82, 2.24) is 0 Å². The standard InChI is InChI=1S/C20H19NO4/c1-4-18(22)21-14-8-9-17-16(11-14)12(2)20(25-17)19(23)13-6-5-7-15(10-13)24-3/h5-11H,4H2,1-3H3,(H,21,22). The van der Waals surface area contributed by atoms with E-state index >= 15 is 0 Å². The van der Waals surface area contributed by atoms with Crippen LogP contribution in [0, 0.1) is 6.92 Å². The second-order valence-corrected chi connectivity index (χ2v) is 5.73. The number of furan rings is 1. The molecule has 3 rings (SSSR count). The molecule has 0 saturated carbocycles. The molecule has 1 aromatic heterocycles. The van der Waals surface area contributed by atoms with Gasteiger partial charge < -0.3 is 14.5 Å². The molecule has 5 nitrogen and oxygen atoms in total. The number of rotatable bonds is 5. The fourth-order valence-electron chi connectivity index (χ4n) is 2.66. The number of ketones is 1. The molecule has 0 fully saturated rings. The molecule has 0 aliphatic heterocycles. The van der Waals surface area contributed by atoms with Gasteiger partial charge in [0.1, 0.15) is 11.3 Å². The largest absolute Gasteiger partial charge is 0.497 e. The molecular weight excluding hydrogens is 318 g/mol. The van der Waals surface area contributed by atoms with E-state index in [2.05, 4.69) is 5.32 Å². The molecule has 1 amide bonds. The summed E-state index contributed by atoms with van der Waals surface area (Å²) in [5, 5.41) is 3.62. The average Bonchev–Trinajstić information content (AvgIpc) is 2.97. The van der Waals surface area contributed by atoms with Crippen LogP contribution in [0.1, 0.15) is 35.0 Å². The topological polar surface area (TPSA) is 68.5 Å². The molecule has 0 radical (unpaired) electrons. The highest BCUT2D eigenvalue weighted by molar-refractivity contribution is 6.11. The molecular formula is C20H19NO4. The van der Waals surface area contributed by atoms with Crippen molar-refractivity contribution in [3.05, 3.63) is 59.4 Å². The lowest BCUT2D eigenvalue weighted by molar-refractivity contribution is -0.115. The number of anilines is 1. The zero-order valence-corrected chi connectivity index (χ0v) is 14.4. The number of benzene rings is 2.